The molecule has 0 amide bonds. The van der Waals surface area contributed by atoms with Crippen molar-refractivity contribution < 1.29 is 0 Å². The van der Waals surface area contributed by atoms with Gasteiger partial charge in [0.25, 0.3) is 0 Å². The van der Waals surface area contributed by atoms with Gasteiger partial charge in [0, 0.05) is 16.3 Å². The first-order valence-electron chi connectivity index (χ1n) is 5.48. The van der Waals surface area contributed by atoms with Gasteiger partial charge in [0.1, 0.15) is 0 Å². The number of hydrogen-bond acceptors (Lipinski definition) is 3. The van der Waals surface area contributed by atoms with Crippen LogP contribution >= 0.6 is 11.8 Å². The Morgan fingerprint density at radius 1 is 1.06 bits per heavy atom. The van der Waals surface area contributed by atoms with Gasteiger partial charge in [0.05, 0.1) is 11.4 Å². The summed E-state index contributed by atoms with van der Waals surface area (Å²) >= 11 is 1.80. The number of nitrogens with two attached hydrogens (primary N) is 1. The number of thioether (sulfide) groups is 1. The van der Waals surface area contributed by atoms with E-state index >= 15 is 0 Å². The molecule has 0 atom stereocenters. The van der Waals surface area contributed by atoms with Crippen LogP contribution in [-0.4, -0.2) is 11.5 Å². The SMILES string of the molecule is Nc1ccc2c(c1)SCC(c1ccccc1)=N2. The third-order valence-electron chi connectivity index (χ3n) is 2.71. The molecule has 3 heteroatoms. The average Bonchev–Trinajstić information content (AvgIpc) is 2.39. The molecule has 0 bridgehead atoms. The summed E-state index contributed by atoms with van der Waals surface area (Å²) in [6, 6.07) is 16.2. The largest absolute Gasteiger partial charge is 0.399 e. The summed E-state index contributed by atoms with van der Waals surface area (Å²) in [5, 5.41) is 0. The van der Waals surface area contributed by atoms with E-state index in [0.29, 0.717) is 0 Å². The van der Waals surface area contributed by atoms with Crippen LogP contribution in [0.2, 0.25) is 0 Å². The molecule has 0 saturated carbocycles. The number of anilines is 1. The van der Waals surface area contributed by atoms with Crippen molar-refractivity contribution in [3.63, 3.8) is 0 Å². The van der Waals surface area contributed by atoms with Crippen molar-refractivity contribution in [1.82, 2.24) is 0 Å². The van der Waals surface area contributed by atoms with E-state index in [1.807, 2.05) is 36.4 Å². The molecule has 1 heterocycles. The Bertz CT molecular complexity index is 576. The van der Waals surface area contributed by atoms with Crippen molar-refractivity contribution in [3.8, 4) is 0 Å². The monoisotopic (exact) mass is 240 g/mol. The summed E-state index contributed by atoms with van der Waals surface area (Å²) in [6.45, 7) is 0. The van der Waals surface area contributed by atoms with Gasteiger partial charge in [-0.25, -0.2) is 0 Å². The van der Waals surface area contributed by atoms with Crippen LogP contribution in [0.5, 0.6) is 0 Å². The van der Waals surface area contributed by atoms with E-state index in [-0.39, 0.29) is 0 Å². The highest BCUT2D eigenvalue weighted by Crippen LogP contribution is 2.36. The first kappa shape index (κ1) is 10.4. The Morgan fingerprint density at radius 2 is 1.88 bits per heavy atom. The molecule has 0 saturated heterocycles. The number of nitrogen functional groups attached to an aromatic ring is 1. The summed E-state index contributed by atoms with van der Waals surface area (Å²) < 4.78 is 0. The summed E-state index contributed by atoms with van der Waals surface area (Å²) in [5.74, 6) is 0.903. The third kappa shape index (κ3) is 2.06. The Hall–Kier alpha value is -1.74. The predicted molar refractivity (Wildman–Crippen MR) is 74.2 cm³/mol. The van der Waals surface area contributed by atoms with Gasteiger partial charge < -0.3 is 5.73 Å². The van der Waals surface area contributed by atoms with E-state index in [2.05, 4.69) is 12.1 Å². The van der Waals surface area contributed by atoms with Crippen LogP contribution < -0.4 is 5.73 Å². The maximum absolute atomic E-state index is 5.77. The van der Waals surface area contributed by atoms with Crippen LogP contribution in [0.3, 0.4) is 0 Å². The zero-order valence-corrected chi connectivity index (χ0v) is 10.1. The molecule has 0 aromatic heterocycles. The number of rotatable bonds is 1. The fourth-order valence-corrected chi connectivity index (χ4v) is 2.85. The molecule has 2 aromatic rings. The van der Waals surface area contributed by atoms with Gasteiger partial charge in [-0.2, -0.15) is 0 Å². The van der Waals surface area contributed by atoms with Crippen LogP contribution in [0.4, 0.5) is 11.4 Å². The number of benzene rings is 2. The molecule has 1 aliphatic heterocycles. The molecule has 1 aliphatic rings. The molecule has 17 heavy (non-hydrogen) atoms. The minimum Gasteiger partial charge on any atom is -0.399 e. The molecule has 84 valence electrons. The molecular weight excluding hydrogens is 228 g/mol. The standard InChI is InChI=1S/C14H12N2S/c15-11-6-7-12-14(8-11)17-9-13(16-12)10-4-2-1-3-5-10/h1-8H,9,15H2. The average molecular weight is 240 g/mol. The number of hydrogen-bond donors (Lipinski definition) is 1. The minimum atomic E-state index is 0.801. The fourth-order valence-electron chi connectivity index (χ4n) is 1.84. The zero-order valence-electron chi connectivity index (χ0n) is 9.26. The number of aliphatic imine (C=N–C) groups is 1. The van der Waals surface area contributed by atoms with Gasteiger partial charge in [-0.1, -0.05) is 30.3 Å². The Kier molecular flexibility index (Phi) is 2.61. The Morgan fingerprint density at radius 3 is 2.71 bits per heavy atom. The third-order valence-corrected chi connectivity index (χ3v) is 3.77. The molecular formula is C14H12N2S. The summed E-state index contributed by atoms with van der Waals surface area (Å²) in [5.41, 5.74) is 9.92. The van der Waals surface area contributed by atoms with E-state index in [1.165, 1.54) is 10.5 Å². The lowest BCUT2D eigenvalue weighted by Gasteiger charge is -2.15. The molecule has 0 spiro atoms. The van der Waals surface area contributed by atoms with Gasteiger partial charge in [-0.3, -0.25) is 4.99 Å². The second-order valence-corrected chi connectivity index (χ2v) is 4.96. The van der Waals surface area contributed by atoms with Crippen LogP contribution in [0.25, 0.3) is 0 Å². The van der Waals surface area contributed by atoms with Gasteiger partial charge in [0.15, 0.2) is 0 Å². The summed E-state index contributed by atoms with van der Waals surface area (Å²) in [7, 11) is 0. The van der Waals surface area contributed by atoms with Gasteiger partial charge in [0.2, 0.25) is 0 Å². The first-order chi connectivity index (χ1) is 8.33. The first-order valence-corrected chi connectivity index (χ1v) is 6.47. The summed E-state index contributed by atoms with van der Waals surface area (Å²) in [4.78, 5) is 5.87. The summed E-state index contributed by atoms with van der Waals surface area (Å²) in [6.07, 6.45) is 0. The topological polar surface area (TPSA) is 38.4 Å². The van der Waals surface area contributed by atoms with Crippen molar-refractivity contribution >= 4 is 28.8 Å². The predicted octanol–water partition coefficient (Wildman–Crippen LogP) is 3.50. The molecule has 2 N–H and O–H groups in total. The minimum absolute atomic E-state index is 0.801. The molecule has 0 fully saturated rings. The molecule has 2 aromatic carbocycles. The van der Waals surface area contributed by atoms with Gasteiger partial charge in [-0.05, 0) is 23.8 Å². The quantitative estimate of drug-likeness (QED) is 0.775. The van der Waals surface area contributed by atoms with Crippen molar-refractivity contribution in [3.05, 3.63) is 54.1 Å². The van der Waals surface area contributed by atoms with Crippen molar-refractivity contribution in [1.29, 1.82) is 0 Å². The van der Waals surface area contributed by atoms with E-state index < -0.39 is 0 Å². The van der Waals surface area contributed by atoms with E-state index in [1.54, 1.807) is 11.8 Å². The normalized spacial score (nSPS) is 14.0. The number of fused-ring (bicyclic) bond motifs is 1. The molecule has 3 rings (SSSR count). The second kappa shape index (κ2) is 4.26. The number of nitrogens with zero attached hydrogens (tertiary/aromatic N) is 1. The second-order valence-electron chi connectivity index (χ2n) is 3.94. The zero-order chi connectivity index (χ0) is 11.7. The Labute approximate surface area is 105 Å². The molecule has 0 unspecified atom stereocenters. The lowest BCUT2D eigenvalue weighted by atomic mass is 10.1. The Balaban J connectivity index is 2.03. The van der Waals surface area contributed by atoms with Crippen LogP contribution in [0.15, 0.2) is 58.4 Å². The van der Waals surface area contributed by atoms with Gasteiger partial charge in [-0.15, -0.1) is 11.8 Å². The van der Waals surface area contributed by atoms with Crippen molar-refractivity contribution in [2.24, 2.45) is 4.99 Å². The smallest absolute Gasteiger partial charge is 0.0770 e. The highest BCUT2D eigenvalue weighted by atomic mass is 32.2. The molecule has 0 aliphatic carbocycles. The maximum Gasteiger partial charge on any atom is 0.0770 e. The van der Waals surface area contributed by atoms with Crippen molar-refractivity contribution in [2.75, 3.05) is 11.5 Å². The fraction of sp³-hybridized carbons (Fsp3) is 0.0714. The van der Waals surface area contributed by atoms with Crippen LogP contribution in [0, 0.1) is 0 Å². The lowest BCUT2D eigenvalue weighted by molar-refractivity contribution is 1.34. The highest BCUT2D eigenvalue weighted by Gasteiger charge is 2.13. The van der Waals surface area contributed by atoms with E-state index in [9.17, 15) is 0 Å². The van der Waals surface area contributed by atoms with Crippen LogP contribution in [0.1, 0.15) is 5.56 Å². The molecule has 0 radical (unpaired) electrons. The highest BCUT2D eigenvalue weighted by molar-refractivity contribution is 8.00. The maximum atomic E-state index is 5.77. The van der Waals surface area contributed by atoms with Crippen LogP contribution in [-0.2, 0) is 0 Å². The molecule has 2 nitrogen and oxygen atoms in total. The van der Waals surface area contributed by atoms with Gasteiger partial charge >= 0.3 is 0 Å². The van der Waals surface area contributed by atoms with Crippen molar-refractivity contribution in [2.45, 2.75) is 4.90 Å². The van der Waals surface area contributed by atoms with E-state index in [4.69, 9.17) is 10.7 Å². The lowest BCUT2D eigenvalue weighted by Crippen LogP contribution is -2.07. The van der Waals surface area contributed by atoms with E-state index in [0.717, 1.165) is 22.8 Å².